The van der Waals surface area contributed by atoms with Gasteiger partial charge in [0.2, 0.25) is 0 Å². The number of aryl methyl sites for hydroxylation is 1. The Morgan fingerprint density at radius 2 is 1.82 bits per heavy atom. The van der Waals surface area contributed by atoms with Gasteiger partial charge in [-0.3, -0.25) is 4.79 Å². The molecule has 180 valence electrons. The summed E-state index contributed by atoms with van der Waals surface area (Å²) in [4.78, 5) is 23.9. The Hall–Kier alpha value is -3.04. The fourth-order valence-electron chi connectivity index (χ4n) is 3.29. The van der Waals surface area contributed by atoms with Crippen molar-refractivity contribution in [3.63, 3.8) is 0 Å². The molecule has 0 saturated carbocycles. The average molecular weight is 465 g/mol. The Labute approximate surface area is 191 Å². The zero-order valence-electron chi connectivity index (χ0n) is 18.9. The van der Waals surface area contributed by atoms with E-state index in [1.165, 1.54) is 0 Å². The average Bonchev–Trinajstić information content (AvgIpc) is 2.71. The second kappa shape index (κ2) is 11.7. The van der Waals surface area contributed by atoms with Crippen molar-refractivity contribution in [3.05, 3.63) is 70.8 Å². The number of rotatable bonds is 10. The molecule has 0 unspecified atom stereocenters. The summed E-state index contributed by atoms with van der Waals surface area (Å²) in [6.45, 7) is 4.80. The predicted molar refractivity (Wildman–Crippen MR) is 118 cm³/mol. The van der Waals surface area contributed by atoms with E-state index in [2.05, 4.69) is 5.32 Å². The molecule has 0 radical (unpaired) electrons. The maximum atomic E-state index is 14.1. The van der Waals surface area contributed by atoms with Gasteiger partial charge < -0.3 is 25.6 Å². The molecular formula is C24H30F2N2O5. The van der Waals surface area contributed by atoms with Crippen LogP contribution in [0.15, 0.2) is 42.5 Å². The fraction of sp³-hybridized carbons (Fsp3) is 0.417. The van der Waals surface area contributed by atoms with Gasteiger partial charge >= 0.3 is 6.09 Å². The molecule has 2 amide bonds. The number of nitrogens with one attached hydrogen (secondary N) is 1. The molecule has 0 spiro atoms. The highest BCUT2D eigenvalue weighted by atomic mass is 19.1. The molecule has 0 aliphatic rings. The lowest BCUT2D eigenvalue weighted by molar-refractivity contribution is -0.0108. The molecule has 2 aromatic carbocycles. The van der Waals surface area contributed by atoms with Gasteiger partial charge in [-0.1, -0.05) is 30.3 Å². The highest BCUT2D eigenvalue weighted by molar-refractivity contribution is 5.94. The topological polar surface area (TPSA) is 111 Å². The summed E-state index contributed by atoms with van der Waals surface area (Å²) in [6.07, 6.45) is -1.38. The molecule has 7 nitrogen and oxygen atoms in total. The Morgan fingerprint density at radius 1 is 1.15 bits per heavy atom. The van der Waals surface area contributed by atoms with Gasteiger partial charge in [-0.05, 0) is 50.8 Å². The van der Waals surface area contributed by atoms with E-state index in [0.29, 0.717) is 6.07 Å². The van der Waals surface area contributed by atoms with Crippen molar-refractivity contribution in [2.75, 3.05) is 6.61 Å². The van der Waals surface area contributed by atoms with Crippen molar-refractivity contribution in [2.24, 2.45) is 5.73 Å². The number of carbonyl (C=O) groups is 2. The standard InChI is InChI=1S/C24H30F2N2O5/c1-24(2,3)33-23(31)28-19(13-29)20(32-14-15-7-5-4-6-8-15)10-9-16-11-17(25)12-18(26)21(16)22(27)30/h4-8,11-12,19-20,29H,9-10,13-14H2,1-3H3,(H2,27,30)(H,28,31)/t19-,20+/m1/s1. The Kier molecular flexibility index (Phi) is 9.31. The van der Waals surface area contributed by atoms with E-state index in [-0.39, 0.29) is 25.0 Å². The van der Waals surface area contributed by atoms with Crippen LogP contribution in [-0.4, -0.2) is 41.5 Å². The molecule has 2 atom stereocenters. The van der Waals surface area contributed by atoms with Crippen LogP contribution in [0.25, 0.3) is 0 Å². The molecule has 0 aliphatic carbocycles. The molecule has 2 aromatic rings. The van der Waals surface area contributed by atoms with Crippen molar-refractivity contribution in [1.29, 1.82) is 0 Å². The summed E-state index contributed by atoms with van der Waals surface area (Å²) in [6, 6.07) is 9.97. The second-order valence-corrected chi connectivity index (χ2v) is 8.60. The lowest BCUT2D eigenvalue weighted by atomic mass is 9.97. The Balaban J connectivity index is 2.23. The van der Waals surface area contributed by atoms with Crippen molar-refractivity contribution >= 4 is 12.0 Å². The Bertz CT molecular complexity index is 948. The summed E-state index contributed by atoms with van der Waals surface area (Å²) in [7, 11) is 0. The Morgan fingerprint density at radius 3 is 2.39 bits per heavy atom. The second-order valence-electron chi connectivity index (χ2n) is 8.60. The maximum Gasteiger partial charge on any atom is 0.408 e. The first-order chi connectivity index (χ1) is 15.5. The highest BCUT2D eigenvalue weighted by Crippen LogP contribution is 2.20. The zero-order chi connectivity index (χ0) is 24.6. The van der Waals surface area contributed by atoms with Crippen LogP contribution in [0.1, 0.15) is 48.7 Å². The quantitative estimate of drug-likeness (QED) is 0.499. The van der Waals surface area contributed by atoms with Gasteiger partial charge in [-0.2, -0.15) is 0 Å². The van der Waals surface area contributed by atoms with Crippen molar-refractivity contribution < 1.29 is 33.0 Å². The fourth-order valence-corrected chi connectivity index (χ4v) is 3.29. The zero-order valence-corrected chi connectivity index (χ0v) is 18.9. The van der Waals surface area contributed by atoms with E-state index in [1.54, 1.807) is 20.8 Å². The van der Waals surface area contributed by atoms with E-state index < -0.39 is 53.6 Å². The van der Waals surface area contributed by atoms with Gasteiger partial charge in [0.15, 0.2) is 0 Å². The number of aliphatic hydroxyl groups is 1. The number of aliphatic hydroxyl groups excluding tert-OH is 1. The van der Waals surface area contributed by atoms with Crippen LogP contribution in [0.5, 0.6) is 0 Å². The highest BCUT2D eigenvalue weighted by Gasteiger charge is 2.27. The van der Waals surface area contributed by atoms with E-state index in [0.717, 1.165) is 11.6 Å². The van der Waals surface area contributed by atoms with Crippen LogP contribution in [0.3, 0.4) is 0 Å². The molecule has 2 rings (SSSR count). The lowest BCUT2D eigenvalue weighted by Crippen LogP contribution is -2.48. The molecule has 9 heteroatoms. The van der Waals surface area contributed by atoms with Crippen LogP contribution in [0, 0.1) is 11.6 Å². The van der Waals surface area contributed by atoms with E-state index in [9.17, 15) is 23.5 Å². The van der Waals surface area contributed by atoms with Crippen LogP contribution in [-0.2, 0) is 22.5 Å². The molecule has 0 fully saturated rings. The summed E-state index contributed by atoms with van der Waals surface area (Å²) in [5.41, 5.74) is 5.04. The number of alkyl carbamates (subject to hydrolysis) is 1. The number of hydrogen-bond acceptors (Lipinski definition) is 5. The molecule has 0 aliphatic heterocycles. The third kappa shape index (κ3) is 8.43. The molecule has 4 N–H and O–H groups in total. The lowest BCUT2D eigenvalue weighted by Gasteiger charge is -2.28. The first-order valence-corrected chi connectivity index (χ1v) is 10.5. The third-order valence-corrected chi connectivity index (χ3v) is 4.74. The first kappa shape index (κ1) is 26.2. The molecule has 0 saturated heterocycles. The largest absolute Gasteiger partial charge is 0.444 e. The van der Waals surface area contributed by atoms with Gasteiger partial charge in [0.1, 0.15) is 17.2 Å². The first-order valence-electron chi connectivity index (χ1n) is 10.5. The summed E-state index contributed by atoms with van der Waals surface area (Å²) >= 11 is 0. The SMILES string of the molecule is CC(C)(C)OC(=O)N[C@H](CO)[C@H](CCc1cc(F)cc(F)c1C(N)=O)OCc1ccccc1. The predicted octanol–water partition coefficient (Wildman–Crippen LogP) is 3.47. The third-order valence-electron chi connectivity index (χ3n) is 4.74. The number of amides is 2. The van der Waals surface area contributed by atoms with E-state index in [1.807, 2.05) is 30.3 Å². The number of primary amides is 1. The van der Waals surface area contributed by atoms with Crippen molar-refractivity contribution in [1.82, 2.24) is 5.32 Å². The number of hydrogen-bond donors (Lipinski definition) is 3. The van der Waals surface area contributed by atoms with Crippen LogP contribution in [0.2, 0.25) is 0 Å². The van der Waals surface area contributed by atoms with Gasteiger partial charge in [0.05, 0.1) is 30.9 Å². The van der Waals surface area contributed by atoms with Crippen molar-refractivity contribution in [2.45, 2.75) is 58.0 Å². The van der Waals surface area contributed by atoms with E-state index >= 15 is 0 Å². The maximum absolute atomic E-state index is 14.1. The molecular weight excluding hydrogens is 434 g/mol. The minimum absolute atomic E-state index is 0.0128. The molecule has 33 heavy (non-hydrogen) atoms. The van der Waals surface area contributed by atoms with Crippen LogP contribution >= 0.6 is 0 Å². The van der Waals surface area contributed by atoms with Gasteiger partial charge in [0.25, 0.3) is 5.91 Å². The minimum atomic E-state index is -1.05. The number of ether oxygens (including phenoxy) is 2. The van der Waals surface area contributed by atoms with E-state index in [4.69, 9.17) is 15.2 Å². The van der Waals surface area contributed by atoms with Crippen molar-refractivity contribution in [3.8, 4) is 0 Å². The number of halogens is 2. The van der Waals surface area contributed by atoms with Crippen LogP contribution in [0.4, 0.5) is 13.6 Å². The summed E-state index contributed by atoms with van der Waals surface area (Å²) in [5.74, 6) is -2.92. The number of benzene rings is 2. The van der Waals surface area contributed by atoms with Gasteiger partial charge in [-0.15, -0.1) is 0 Å². The van der Waals surface area contributed by atoms with Gasteiger partial charge in [0, 0.05) is 6.07 Å². The minimum Gasteiger partial charge on any atom is -0.444 e. The van der Waals surface area contributed by atoms with Gasteiger partial charge in [-0.25, -0.2) is 13.6 Å². The molecule has 0 heterocycles. The number of nitrogens with two attached hydrogens (primary N) is 1. The molecule has 0 bridgehead atoms. The van der Waals surface area contributed by atoms with Crippen LogP contribution < -0.4 is 11.1 Å². The normalized spacial score (nSPS) is 13.3. The summed E-state index contributed by atoms with van der Waals surface area (Å²) in [5, 5.41) is 12.5. The molecule has 0 aromatic heterocycles. The monoisotopic (exact) mass is 464 g/mol. The number of carbonyl (C=O) groups excluding carboxylic acids is 2. The smallest absolute Gasteiger partial charge is 0.408 e. The summed E-state index contributed by atoms with van der Waals surface area (Å²) < 4.78 is 39.1.